The molecule has 25 heavy (non-hydrogen) atoms. The van der Waals surface area contributed by atoms with Gasteiger partial charge in [0.1, 0.15) is 6.54 Å². The molecule has 0 spiro atoms. The van der Waals surface area contributed by atoms with Crippen molar-refractivity contribution in [2.45, 2.75) is 19.5 Å². The molecule has 0 unspecified atom stereocenters. The number of hydrogen-bond acceptors (Lipinski definition) is 4. The molecule has 0 aliphatic carbocycles. The van der Waals surface area contributed by atoms with E-state index in [1.165, 1.54) is 16.9 Å². The van der Waals surface area contributed by atoms with E-state index in [-0.39, 0.29) is 30.6 Å². The molecule has 1 aromatic carbocycles. The highest BCUT2D eigenvalue weighted by molar-refractivity contribution is 5.96. The average molecular weight is 342 g/mol. The zero-order valence-electron chi connectivity index (χ0n) is 13.5. The van der Waals surface area contributed by atoms with Crippen LogP contribution in [0.15, 0.2) is 42.6 Å². The standard InChI is InChI=1S/C17H18N4O4/c22-15-8-13(10-20(15)9-12-4-2-1-3-5-12)17(25)18-14-6-7-21(19-14)11-16(23)24/h1-7,13H,8-11H2,(H,23,24)(H,18,19,25)/t13-/m0/s1. The van der Waals surface area contributed by atoms with E-state index in [9.17, 15) is 14.4 Å². The Hall–Kier alpha value is -3.16. The molecular weight excluding hydrogens is 324 g/mol. The Morgan fingerprint density at radius 2 is 2.00 bits per heavy atom. The maximum atomic E-state index is 12.3. The minimum Gasteiger partial charge on any atom is -0.480 e. The predicted octanol–water partition coefficient (Wildman–Crippen LogP) is 0.955. The molecule has 1 atom stereocenters. The van der Waals surface area contributed by atoms with Gasteiger partial charge < -0.3 is 15.3 Å². The van der Waals surface area contributed by atoms with Crippen LogP contribution in [-0.4, -0.2) is 44.1 Å². The van der Waals surface area contributed by atoms with E-state index < -0.39 is 11.9 Å². The number of carboxylic acid groups (broad SMARTS) is 1. The minimum absolute atomic E-state index is 0.0552. The molecule has 1 saturated heterocycles. The van der Waals surface area contributed by atoms with Gasteiger partial charge in [0.2, 0.25) is 11.8 Å². The van der Waals surface area contributed by atoms with Gasteiger partial charge in [-0.2, -0.15) is 5.10 Å². The van der Waals surface area contributed by atoms with E-state index in [2.05, 4.69) is 10.4 Å². The van der Waals surface area contributed by atoms with Gasteiger partial charge in [-0.05, 0) is 5.56 Å². The molecule has 0 bridgehead atoms. The molecule has 1 fully saturated rings. The highest BCUT2D eigenvalue weighted by Crippen LogP contribution is 2.21. The van der Waals surface area contributed by atoms with Gasteiger partial charge in [-0.15, -0.1) is 0 Å². The highest BCUT2D eigenvalue weighted by atomic mass is 16.4. The zero-order chi connectivity index (χ0) is 17.8. The summed E-state index contributed by atoms with van der Waals surface area (Å²) in [6.45, 7) is 0.564. The van der Waals surface area contributed by atoms with Crippen molar-refractivity contribution in [2.75, 3.05) is 11.9 Å². The second-order valence-corrected chi connectivity index (χ2v) is 5.94. The molecule has 1 aliphatic heterocycles. The maximum absolute atomic E-state index is 12.3. The Morgan fingerprint density at radius 1 is 1.24 bits per heavy atom. The largest absolute Gasteiger partial charge is 0.480 e. The van der Waals surface area contributed by atoms with Crippen LogP contribution in [0.1, 0.15) is 12.0 Å². The Balaban J connectivity index is 1.57. The van der Waals surface area contributed by atoms with Crippen LogP contribution in [0.4, 0.5) is 5.82 Å². The van der Waals surface area contributed by atoms with Crippen molar-refractivity contribution in [2.24, 2.45) is 5.92 Å². The number of carbonyl (C=O) groups is 3. The third-order valence-corrected chi connectivity index (χ3v) is 3.99. The van der Waals surface area contributed by atoms with Crippen LogP contribution in [0.3, 0.4) is 0 Å². The predicted molar refractivity (Wildman–Crippen MR) is 88.5 cm³/mol. The molecule has 130 valence electrons. The quantitative estimate of drug-likeness (QED) is 0.813. The Labute approximate surface area is 144 Å². The van der Waals surface area contributed by atoms with Crippen LogP contribution in [0.2, 0.25) is 0 Å². The van der Waals surface area contributed by atoms with Gasteiger partial charge in [0.25, 0.3) is 0 Å². The Kier molecular flexibility index (Phi) is 4.78. The van der Waals surface area contributed by atoms with Crippen LogP contribution < -0.4 is 5.32 Å². The first kappa shape index (κ1) is 16.7. The van der Waals surface area contributed by atoms with Crippen LogP contribution in [-0.2, 0) is 27.5 Å². The highest BCUT2D eigenvalue weighted by Gasteiger charge is 2.34. The van der Waals surface area contributed by atoms with Gasteiger partial charge in [-0.1, -0.05) is 30.3 Å². The van der Waals surface area contributed by atoms with E-state index in [0.717, 1.165) is 5.56 Å². The van der Waals surface area contributed by atoms with E-state index >= 15 is 0 Å². The first-order chi connectivity index (χ1) is 12.0. The van der Waals surface area contributed by atoms with E-state index in [4.69, 9.17) is 5.11 Å². The molecule has 2 aromatic rings. The smallest absolute Gasteiger partial charge is 0.325 e. The molecule has 0 radical (unpaired) electrons. The summed E-state index contributed by atoms with van der Waals surface area (Å²) in [5.41, 5.74) is 1.02. The fourth-order valence-corrected chi connectivity index (χ4v) is 2.79. The van der Waals surface area contributed by atoms with Crippen molar-refractivity contribution in [1.29, 1.82) is 0 Å². The Morgan fingerprint density at radius 3 is 2.72 bits per heavy atom. The number of aliphatic carboxylic acids is 1. The monoisotopic (exact) mass is 342 g/mol. The molecule has 8 nitrogen and oxygen atoms in total. The fraction of sp³-hybridized carbons (Fsp3) is 0.294. The van der Waals surface area contributed by atoms with Crippen molar-refractivity contribution < 1.29 is 19.5 Å². The number of aromatic nitrogens is 2. The number of likely N-dealkylation sites (tertiary alicyclic amines) is 1. The number of amides is 2. The second kappa shape index (κ2) is 7.16. The lowest BCUT2D eigenvalue weighted by atomic mass is 10.1. The van der Waals surface area contributed by atoms with Gasteiger partial charge in [0.15, 0.2) is 5.82 Å². The van der Waals surface area contributed by atoms with Crippen LogP contribution in [0.25, 0.3) is 0 Å². The number of nitrogens with one attached hydrogen (secondary N) is 1. The molecule has 2 N–H and O–H groups in total. The first-order valence-corrected chi connectivity index (χ1v) is 7.89. The minimum atomic E-state index is -1.01. The molecule has 0 saturated carbocycles. The Bertz CT molecular complexity index is 787. The summed E-state index contributed by atoms with van der Waals surface area (Å²) >= 11 is 0. The van der Waals surface area contributed by atoms with Gasteiger partial charge in [0, 0.05) is 31.8 Å². The summed E-state index contributed by atoms with van der Waals surface area (Å²) in [7, 11) is 0. The summed E-state index contributed by atoms with van der Waals surface area (Å²) in [4.78, 5) is 36.8. The SMILES string of the molecule is O=C(O)Cn1ccc(NC(=O)[C@H]2CC(=O)N(Cc3ccccc3)C2)n1. The normalized spacial score (nSPS) is 16.9. The van der Waals surface area contributed by atoms with E-state index in [0.29, 0.717) is 13.1 Å². The molecular formula is C17H18N4O4. The summed E-state index contributed by atoms with van der Waals surface area (Å²) in [6, 6.07) is 11.1. The zero-order valence-corrected chi connectivity index (χ0v) is 13.5. The number of rotatable bonds is 6. The summed E-state index contributed by atoms with van der Waals surface area (Å²) in [6.07, 6.45) is 1.64. The first-order valence-electron chi connectivity index (χ1n) is 7.89. The summed E-state index contributed by atoms with van der Waals surface area (Å²) in [5.74, 6) is -1.52. The summed E-state index contributed by atoms with van der Waals surface area (Å²) in [5, 5.41) is 15.3. The molecule has 2 heterocycles. The number of carbonyl (C=O) groups excluding carboxylic acids is 2. The van der Waals surface area contributed by atoms with Crippen LogP contribution in [0, 0.1) is 5.92 Å². The third-order valence-electron chi connectivity index (χ3n) is 3.99. The van der Waals surface area contributed by atoms with Crippen molar-refractivity contribution in [1.82, 2.24) is 14.7 Å². The lowest BCUT2D eigenvalue weighted by Gasteiger charge is -2.16. The topological polar surface area (TPSA) is 105 Å². The molecule has 1 aromatic heterocycles. The second-order valence-electron chi connectivity index (χ2n) is 5.94. The molecule has 1 aliphatic rings. The van der Waals surface area contributed by atoms with E-state index in [1.54, 1.807) is 4.90 Å². The third kappa shape index (κ3) is 4.23. The fourth-order valence-electron chi connectivity index (χ4n) is 2.79. The summed E-state index contributed by atoms with van der Waals surface area (Å²) < 4.78 is 1.22. The number of nitrogens with zero attached hydrogens (tertiary/aromatic N) is 3. The van der Waals surface area contributed by atoms with Crippen molar-refractivity contribution in [3.63, 3.8) is 0 Å². The molecule has 3 rings (SSSR count). The van der Waals surface area contributed by atoms with Gasteiger partial charge in [-0.25, -0.2) is 0 Å². The van der Waals surface area contributed by atoms with Crippen molar-refractivity contribution in [3.8, 4) is 0 Å². The average Bonchev–Trinajstić information content (AvgIpc) is 3.15. The van der Waals surface area contributed by atoms with Gasteiger partial charge >= 0.3 is 5.97 Å². The number of benzene rings is 1. The maximum Gasteiger partial charge on any atom is 0.325 e. The molecule has 2 amide bonds. The molecule has 8 heteroatoms. The number of carboxylic acids is 1. The number of anilines is 1. The number of hydrogen-bond donors (Lipinski definition) is 2. The van der Waals surface area contributed by atoms with Gasteiger partial charge in [-0.3, -0.25) is 19.1 Å². The lowest BCUT2D eigenvalue weighted by Crippen LogP contribution is -2.28. The van der Waals surface area contributed by atoms with Crippen LogP contribution >= 0.6 is 0 Å². The van der Waals surface area contributed by atoms with E-state index in [1.807, 2.05) is 30.3 Å². The lowest BCUT2D eigenvalue weighted by molar-refractivity contribution is -0.138. The van der Waals surface area contributed by atoms with Gasteiger partial charge in [0.05, 0.1) is 5.92 Å². The van der Waals surface area contributed by atoms with Crippen molar-refractivity contribution in [3.05, 3.63) is 48.2 Å². The van der Waals surface area contributed by atoms with Crippen molar-refractivity contribution >= 4 is 23.6 Å². The van der Waals surface area contributed by atoms with Crippen LogP contribution in [0.5, 0.6) is 0 Å².